The average molecular weight is 330 g/mol. The molecule has 0 unspecified atom stereocenters. The fourth-order valence-corrected chi connectivity index (χ4v) is 2.97. The first-order valence-electron chi connectivity index (χ1n) is 6.04. The monoisotopic (exact) mass is 329 g/mol. The minimum Gasteiger partial charge on any atom is -0.346 e. The van der Waals surface area contributed by atoms with Crippen molar-refractivity contribution in [2.24, 2.45) is 0 Å². The molecule has 3 rings (SSSR count). The molecule has 0 spiro atoms. The van der Waals surface area contributed by atoms with E-state index in [0.29, 0.717) is 0 Å². The second-order valence-electron chi connectivity index (χ2n) is 4.51. The Hall–Kier alpha value is -1.45. The van der Waals surface area contributed by atoms with Gasteiger partial charge in [-0.15, -0.1) is 0 Å². The van der Waals surface area contributed by atoms with E-state index in [1.165, 1.54) is 16.7 Å². The highest BCUT2D eigenvalue weighted by Crippen LogP contribution is 2.37. The maximum Gasteiger partial charge on any atom is 0.111 e. The van der Waals surface area contributed by atoms with Crippen LogP contribution in [-0.4, -0.2) is 4.99 Å². The van der Waals surface area contributed by atoms with Crippen LogP contribution in [0.25, 0.3) is 11.1 Å². The molecule has 0 saturated heterocycles. The zero-order valence-corrected chi connectivity index (χ0v) is 12.8. The molecule has 0 bridgehead atoms. The van der Waals surface area contributed by atoms with Gasteiger partial charge in [0.2, 0.25) is 0 Å². The SMILES string of the molecule is C/C(=C1\C(=S)Nc2ccccc21)c1ccc(Br)cc1. The van der Waals surface area contributed by atoms with Crippen LogP contribution in [0.15, 0.2) is 53.0 Å². The number of rotatable bonds is 1. The Morgan fingerprint density at radius 3 is 2.47 bits per heavy atom. The van der Waals surface area contributed by atoms with E-state index in [9.17, 15) is 0 Å². The molecule has 94 valence electrons. The fraction of sp³-hybridized carbons (Fsp3) is 0.0625. The molecule has 1 heterocycles. The van der Waals surface area contributed by atoms with E-state index < -0.39 is 0 Å². The standard InChI is InChI=1S/C16H12BrNS/c1-10(11-6-8-12(17)9-7-11)15-13-4-2-3-5-14(13)18-16(15)19/h2-9H,1H3,(H,18,19)/b15-10+. The van der Waals surface area contributed by atoms with E-state index in [1.807, 2.05) is 12.1 Å². The van der Waals surface area contributed by atoms with E-state index in [0.717, 1.165) is 20.7 Å². The second kappa shape index (κ2) is 4.91. The first-order valence-corrected chi connectivity index (χ1v) is 7.24. The highest BCUT2D eigenvalue weighted by atomic mass is 79.9. The minimum atomic E-state index is 0.807. The molecule has 1 aliphatic rings. The van der Waals surface area contributed by atoms with E-state index in [2.05, 4.69) is 64.6 Å². The van der Waals surface area contributed by atoms with Crippen molar-refractivity contribution in [3.05, 3.63) is 64.1 Å². The summed E-state index contributed by atoms with van der Waals surface area (Å²) >= 11 is 8.93. The van der Waals surface area contributed by atoms with Crippen LogP contribution in [0.3, 0.4) is 0 Å². The number of anilines is 1. The summed E-state index contributed by atoms with van der Waals surface area (Å²) < 4.78 is 1.08. The maximum atomic E-state index is 5.47. The normalized spacial score (nSPS) is 16.0. The Morgan fingerprint density at radius 1 is 1.05 bits per heavy atom. The third-order valence-electron chi connectivity index (χ3n) is 3.32. The van der Waals surface area contributed by atoms with Gasteiger partial charge >= 0.3 is 0 Å². The van der Waals surface area contributed by atoms with Crippen LogP contribution in [0, 0.1) is 0 Å². The fourth-order valence-electron chi connectivity index (χ4n) is 2.33. The van der Waals surface area contributed by atoms with Gasteiger partial charge in [0.25, 0.3) is 0 Å². The van der Waals surface area contributed by atoms with Crippen LogP contribution in [0.4, 0.5) is 5.69 Å². The molecule has 1 N–H and O–H groups in total. The summed E-state index contributed by atoms with van der Waals surface area (Å²) in [4.78, 5) is 0.807. The quantitative estimate of drug-likeness (QED) is 0.574. The summed E-state index contributed by atoms with van der Waals surface area (Å²) in [5.74, 6) is 0. The molecule has 2 aromatic carbocycles. The Morgan fingerprint density at radius 2 is 1.74 bits per heavy atom. The van der Waals surface area contributed by atoms with Crippen LogP contribution in [0.5, 0.6) is 0 Å². The van der Waals surface area contributed by atoms with Gasteiger partial charge in [-0.05, 0) is 36.3 Å². The molecule has 0 fully saturated rings. The third-order valence-corrected chi connectivity index (χ3v) is 4.16. The van der Waals surface area contributed by atoms with E-state index in [4.69, 9.17) is 12.2 Å². The van der Waals surface area contributed by atoms with Crippen LogP contribution in [-0.2, 0) is 0 Å². The molecular formula is C16H12BrNS. The highest BCUT2D eigenvalue weighted by Gasteiger charge is 2.22. The highest BCUT2D eigenvalue weighted by molar-refractivity contribution is 9.10. The Labute approximate surface area is 126 Å². The first kappa shape index (κ1) is 12.6. The van der Waals surface area contributed by atoms with Crippen molar-refractivity contribution < 1.29 is 0 Å². The van der Waals surface area contributed by atoms with Gasteiger partial charge in [-0.1, -0.05) is 58.5 Å². The number of fused-ring (bicyclic) bond motifs is 1. The zero-order valence-electron chi connectivity index (χ0n) is 10.4. The lowest BCUT2D eigenvalue weighted by Gasteiger charge is -2.07. The van der Waals surface area contributed by atoms with E-state index >= 15 is 0 Å². The van der Waals surface area contributed by atoms with Gasteiger partial charge in [0, 0.05) is 21.3 Å². The maximum absolute atomic E-state index is 5.47. The second-order valence-corrected chi connectivity index (χ2v) is 5.83. The van der Waals surface area contributed by atoms with E-state index in [-0.39, 0.29) is 0 Å². The van der Waals surface area contributed by atoms with Gasteiger partial charge in [0.1, 0.15) is 4.99 Å². The smallest absolute Gasteiger partial charge is 0.111 e. The molecule has 2 aromatic rings. The largest absolute Gasteiger partial charge is 0.346 e. The summed E-state index contributed by atoms with van der Waals surface area (Å²) in [6.45, 7) is 2.12. The molecule has 19 heavy (non-hydrogen) atoms. The summed E-state index contributed by atoms with van der Waals surface area (Å²) in [6.07, 6.45) is 0. The van der Waals surface area contributed by atoms with Crippen molar-refractivity contribution in [3.8, 4) is 0 Å². The Bertz CT molecular complexity index is 686. The zero-order chi connectivity index (χ0) is 13.4. The van der Waals surface area contributed by atoms with Crippen LogP contribution < -0.4 is 5.32 Å². The number of halogens is 1. The van der Waals surface area contributed by atoms with Gasteiger partial charge in [-0.2, -0.15) is 0 Å². The van der Waals surface area contributed by atoms with Crippen molar-refractivity contribution in [2.75, 3.05) is 5.32 Å². The predicted molar refractivity (Wildman–Crippen MR) is 89.3 cm³/mol. The van der Waals surface area contributed by atoms with Crippen molar-refractivity contribution in [2.45, 2.75) is 6.92 Å². The first-order chi connectivity index (χ1) is 9.16. The molecular weight excluding hydrogens is 318 g/mol. The van der Waals surface area contributed by atoms with Gasteiger partial charge in [-0.3, -0.25) is 0 Å². The lowest BCUT2D eigenvalue weighted by molar-refractivity contribution is 1.55. The number of benzene rings is 2. The molecule has 3 heteroatoms. The molecule has 0 amide bonds. The number of allylic oxidation sites excluding steroid dienone is 1. The predicted octanol–water partition coefficient (Wildman–Crippen LogP) is 5.13. The van der Waals surface area contributed by atoms with Crippen molar-refractivity contribution in [3.63, 3.8) is 0 Å². The van der Waals surface area contributed by atoms with Gasteiger partial charge in [-0.25, -0.2) is 0 Å². The summed E-state index contributed by atoms with van der Waals surface area (Å²) in [5.41, 5.74) is 5.81. The number of hydrogen-bond acceptors (Lipinski definition) is 1. The summed E-state index contributed by atoms with van der Waals surface area (Å²) in [7, 11) is 0. The molecule has 0 aliphatic carbocycles. The number of thiocarbonyl (C=S) groups is 1. The molecule has 1 aliphatic heterocycles. The third kappa shape index (κ3) is 2.24. The van der Waals surface area contributed by atoms with Gasteiger partial charge in [0.05, 0.1) is 0 Å². The van der Waals surface area contributed by atoms with E-state index in [1.54, 1.807) is 0 Å². The Balaban J connectivity index is 2.17. The topological polar surface area (TPSA) is 12.0 Å². The van der Waals surface area contributed by atoms with Crippen molar-refractivity contribution in [1.29, 1.82) is 0 Å². The number of para-hydroxylation sites is 1. The van der Waals surface area contributed by atoms with Crippen molar-refractivity contribution in [1.82, 2.24) is 0 Å². The molecule has 0 radical (unpaired) electrons. The van der Waals surface area contributed by atoms with Crippen molar-refractivity contribution >= 4 is 50.0 Å². The lowest BCUT2D eigenvalue weighted by Crippen LogP contribution is -2.02. The molecule has 1 nitrogen and oxygen atoms in total. The van der Waals surface area contributed by atoms with Gasteiger partial charge in [0.15, 0.2) is 0 Å². The lowest BCUT2D eigenvalue weighted by atomic mass is 9.97. The molecule has 0 saturated carbocycles. The van der Waals surface area contributed by atoms with Crippen LogP contribution in [0.1, 0.15) is 18.1 Å². The summed E-state index contributed by atoms with van der Waals surface area (Å²) in [6, 6.07) is 16.6. The van der Waals surface area contributed by atoms with Crippen LogP contribution in [0.2, 0.25) is 0 Å². The molecule has 0 aromatic heterocycles. The minimum absolute atomic E-state index is 0.807. The number of nitrogens with one attached hydrogen (secondary N) is 1. The number of hydrogen-bond donors (Lipinski definition) is 1. The van der Waals surface area contributed by atoms with Crippen LogP contribution >= 0.6 is 28.1 Å². The summed E-state index contributed by atoms with van der Waals surface area (Å²) in [5, 5.41) is 3.27. The average Bonchev–Trinajstić information content (AvgIpc) is 2.74. The Kier molecular flexibility index (Phi) is 3.25. The molecule has 0 atom stereocenters. The van der Waals surface area contributed by atoms with Gasteiger partial charge < -0.3 is 5.32 Å².